The zero-order valence-electron chi connectivity index (χ0n) is 24.1. The van der Waals surface area contributed by atoms with Crippen LogP contribution in [0, 0.1) is 0 Å². The van der Waals surface area contributed by atoms with Crippen molar-refractivity contribution >= 4 is 12.2 Å². The molecule has 3 aromatic carbocycles. The first-order valence-electron chi connectivity index (χ1n) is 13.4. The van der Waals surface area contributed by atoms with Crippen LogP contribution in [0.3, 0.4) is 0 Å². The Morgan fingerprint density at radius 3 is 2.05 bits per heavy atom. The van der Waals surface area contributed by atoms with Gasteiger partial charge in [-0.1, -0.05) is 12.1 Å². The average molecular weight is 558 g/mol. The van der Waals surface area contributed by atoms with Crippen LogP contribution in [-0.2, 0) is 19.4 Å². The lowest BCUT2D eigenvalue weighted by atomic mass is 9.98. The zero-order valence-corrected chi connectivity index (χ0v) is 24.1. The van der Waals surface area contributed by atoms with Gasteiger partial charge >= 0.3 is 0 Å². The molecule has 0 saturated heterocycles. The van der Waals surface area contributed by atoms with E-state index < -0.39 is 0 Å². The number of aromatic nitrogens is 2. The first-order valence-corrected chi connectivity index (χ1v) is 13.4. The molecular formula is C32H35N3O6. The Labute approximate surface area is 240 Å². The molecule has 0 spiro atoms. The predicted molar refractivity (Wildman–Crippen MR) is 157 cm³/mol. The molecule has 0 atom stereocenters. The van der Waals surface area contributed by atoms with Gasteiger partial charge in [0.2, 0.25) is 17.5 Å². The van der Waals surface area contributed by atoms with Crippen LogP contribution in [0.2, 0.25) is 0 Å². The summed E-state index contributed by atoms with van der Waals surface area (Å²) in [5.74, 6) is 4.13. The van der Waals surface area contributed by atoms with Crippen molar-refractivity contribution in [1.29, 1.82) is 0 Å². The summed E-state index contributed by atoms with van der Waals surface area (Å²) in [5, 5.41) is 8.40. The number of rotatable bonds is 11. The molecule has 0 bridgehead atoms. The predicted octanol–water partition coefficient (Wildman–Crippen LogP) is 5.55. The van der Waals surface area contributed by atoms with Gasteiger partial charge in [0, 0.05) is 31.3 Å². The second-order valence-corrected chi connectivity index (χ2v) is 9.69. The molecule has 9 heteroatoms. The maximum absolute atomic E-state index is 5.89. The summed E-state index contributed by atoms with van der Waals surface area (Å²) >= 11 is 0. The number of hydrogen-bond acceptors (Lipinski definition) is 9. The van der Waals surface area contributed by atoms with Crippen molar-refractivity contribution in [1.82, 2.24) is 15.1 Å². The van der Waals surface area contributed by atoms with Crippen molar-refractivity contribution in [2.45, 2.75) is 19.4 Å². The van der Waals surface area contributed by atoms with Crippen LogP contribution in [0.5, 0.6) is 28.7 Å². The summed E-state index contributed by atoms with van der Waals surface area (Å²) in [4.78, 5) is 2.48. The summed E-state index contributed by atoms with van der Waals surface area (Å²) < 4.78 is 33.1. The second kappa shape index (κ2) is 12.8. The van der Waals surface area contributed by atoms with E-state index in [0.29, 0.717) is 29.0 Å². The number of methoxy groups -OCH3 is 5. The SMILES string of the molecule is COc1cc2c(cc1OC)CN(CCc1ccc(-c3nnc(/C=C/c4cc(OC)c(OC)c(OC)c4)o3)cc1)CC2. The highest BCUT2D eigenvalue weighted by Gasteiger charge is 2.19. The molecule has 0 fully saturated rings. The van der Waals surface area contributed by atoms with Crippen molar-refractivity contribution in [3.05, 3.63) is 76.7 Å². The Morgan fingerprint density at radius 1 is 0.756 bits per heavy atom. The molecule has 9 nitrogen and oxygen atoms in total. The smallest absolute Gasteiger partial charge is 0.248 e. The molecule has 0 aliphatic carbocycles. The van der Waals surface area contributed by atoms with Gasteiger partial charge in [-0.25, -0.2) is 0 Å². The third-order valence-electron chi connectivity index (χ3n) is 7.26. The molecular weight excluding hydrogens is 522 g/mol. The monoisotopic (exact) mass is 557 g/mol. The fourth-order valence-corrected chi connectivity index (χ4v) is 5.02. The normalized spacial score (nSPS) is 13.2. The molecule has 5 rings (SSSR count). The van der Waals surface area contributed by atoms with E-state index in [1.165, 1.54) is 16.7 Å². The van der Waals surface area contributed by atoms with Crippen LogP contribution in [0.1, 0.15) is 28.1 Å². The summed E-state index contributed by atoms with van der Waals surface area (Å²) in [6, 6.07) is 16.2. The van der Waals surface area contributed by atoms with Gasteiger partial charge in [-0.3, -0.25) is 4.90 Å². The number of ether oxygens (including phenoxy) is 5. The average Bonchev–Trinajstić information content (AvgIpc) is 3.50. The molecule has 1 aliphatic rings. The maximum atomic E-state index is 5.89. The lowest BCUT2D eigenvalue weighted by Gasteiger charge is -2.29. The highest BCUT2D eigenvalue weighted by atomic mass is 16.5. The number of benzene rings is 3. The molecule has 1 aliphatic heterocycles. The Bertz CT molecular complexity index is 1490. The van der Waals surface area contributed by atoms with E-state index in [-0.39, 0.29) is 0 Å². The molecule has 4 aromatic rings. The summed E-state index contributed by atoms with van der Waals surface area (Å²) in [6.07, 6.45) is 5.57. The Balaban J connectivity index is 1.19. The molecule has 0 radical (unpaired) electrons. The molecule has 2 heterocycles. The van der Waals surface area contributed by atoms with Crippen LogP contribution in [0.15, 0.2) is 52.9 Å². The fourth-order valence-electron chi connectivity index (χ4n) is 5.02. The van der Waals surface area contributed by atoms with Gasteiger partial charge in [-0.05, 0) is 77.6 Å². The summed E-state index contributed by atoms with van der Waals surface area (Å²) in [6.45, 7) is 2.90. The van der Waals surface area contributed by atoms with E-state index in [4.69, 9.17) is 28.1 Å². The molecule has 0 amide bonds. The minimum absolute atomic E-state index is 0.400. The van der Waals surface area contributed by atoms with Gasteiger partial charge in [0.1, 0.15) is 0 Å². The molecule has 1 aromatic heterocycles. The van der Waals surface area contributed by atoms with Crippen molar-refractivity contribution in [2.24, 2.45) is 0 Å². The zero-order chi connectivity index (χ0) is 28.8. The molecule has 0 saturated carbocycles. The third kappa shape index (κ3) is 6.30. The van der Waals surface area contributed by atoms with E-state index in [1.54, 1.807) is 41.6 Å². The lowest BCUT2D eigenvalue weighted by Crippen LogP contribution is -2.32. The molecule has 0 unspecified atom stereocenters. The van der Waals surface area contributed by atoms with Crippen molar-refractivity contribution in [3.8, 4) is 40.2 Å². The second-order valence-electron chi connectivity index (χ2n) is 9.69. The van der Waals surface area contributed by atoms with Crippen molar-refractivity contribution in [2.75, 3.05) is 48.6 Å². The van der Waals surface area contributed by atoms with Crippen LogP contribution in [0.4, 0.5) is 0 Å². The van der Waals surface area contributed by atoms with Crippen LogP contribution in [-0.4, -0.2) is 63.7 Å². The van der Waals surface area contributed by atoms with Crippen LogP contribution < -0.4 is 23.7 Å². The van der Waals surface area contributed by atoms with E-state index in [1.807, 2.05) is 30.3 Å². The Hall–Kier alpha value is -4.50. The van der Waals surface area contributed by atoms with Gasteiger partial charge in [-0.15, -0.1) is 10.2 Å². The van der Waals surface area contributed by atoms with Crippen molar-refractivity contribution < 1.29 is 28.1 Å². The largest absolute Gasteiger partial charge is 0.493 e. The molecule has 41 heavy (non-hydrogen) atoms. The van der Waals surface area contributed by atoms with Crippen LogP contribution in [0.25, 0.3) is 23.6 Å². The minimum Gasteiger partial charge on any atom is -0.493 e. The van der Waals surface area contributed by atoms with Gasteiger partial charge in [0.15, 0.2) is 23.0 Å². The Morgan fingerprint density at radius 2 is 1.41 bits per heavy atom. The van der Waals surface area contributed by atoms with E-state index in [2.05, 4.69) is 39.4 Å². The van der Waals surface area contributed by atoms with Gasteiger partial charge in [0.25, 0.3) is 0 Å². The molecule has 0 N–H and O–H groups in total. The van der Waals surface area contributed by atoms with E-state index in [0.717, 1.165) is 55.1 Å². The topological polar surface area (TPSA) is 88.3 Å². The van der Waals surface area contributed by atoms with Crippen molar-refractivity contribution in [3.63, 3.8) is 0 Å². The first-order chi connectivity index (χ1) is 20.0. The van der Waals surface area contributed by atoms with E-state index >= 15 is 0 Å². The molecule has 214 valence electrons. The number of nitrogens with zero attached hydrogens (tertiary/aromatic N) is 3. The third-order valence-corrected chi connectivity index (χ3v) is 7.26. The summed E-state index contributed by atoms with van der Waals surface area (Å²) in [5.41, 5.74) is 5.62. The van der Waals surface area contributed by atoms with Gasteiger partial charge in [0.05, 0.1) is 35.5 Å². The van der Waals surface area contributed by atoms with Gasteiger partial charge < -0.3 is 28.1 Å². The summed E-state index contributed by atoms with van der Waals surface area (Å²) in [7, 11) is 8.11. The van der Waals surface area contributed by atoms with E-state index in [9.17, 15) is 0 Å². The van der Waals surface area contributed by atoms with Gasteiger partial charge in [-0.2, -0.15) is 0 Å². The number of hydrogen-bond donors (Lipinski definition) is 0. The highest BCUT2D eigenvalue weighted by Crippen LogP contribution is 2.38. The first kappa shape index (κ1) is 28.0. The minimum atomic E-state index is 0.400. The lowest BCUT2D eigenvalue weighted by molar-refractivity contribution is 0.255. The van der Waals surface area contributed by atoms with Crippen LogP contribution >= 0.6 is 0 Å². The standard InChI is InChI=1S/C32H35N3O6/c1-36-26-18-24-13-15-35(20-25(24)19-27(26)37-2)14-12-21-6-9-23(10-7-21)32-34-33-30(41-32)11-8-22-16-28(38-3)31(40-5)29(17-22)39-4/h6-11,16-19H,12-15,20H2,1-5H3/b11-8+. The highest BCUT2D eigenvalue weighted by molar-refractivity contribution is 5.70. The maximum Gasteiger partial charge on any atom is 0.248 e. The fraction of sp³-hybridized carbons (Fsp3) is 0.312. The number of fused-ring (bicyclic) bond motifs is 1. The Kier molecular flexibility index (Phi) is 8.74. The quantitative estimate of drug-likeness (QED) is 0.235.